The monoisotopic (exact) mass is 882 g/mol. The first-order chi connectivity index (χ1) is 34.2. The lowest BCUT2D eigenvalue weighted by Crippen LogP contribution is -2.09. The van der Waals surface area contributed by atoms with Gasteiger partial charge in [0, 0.05) is 45.1 Å². The van der Waals surface area contributed by atoms with Crippen LogP contribution in [0.4, 0.5) is 34.1 Å². The first-order valence-electron chi connectivity index (χ1n) is 23.5. The third-order valence-corrected chi connectivity index (χ3v) is 13.1. The van der Waals surface area contributed by atoms with Crippen LogP contribution >= 0.6 is 0 Å². The van der Waals surface area contributed by atoms with Crippen molar-refractivity contribution < 1.29 is 4.42 Å². The first kappa shape index (κ1) is 41.3. The van der Waals surface area contributed by atoms with Crippen molar-refractivity contribution in [1.29, 1.82) is 0 Å². The molecular weight excluding hydrogens is 837 g/mol. The van der Waals surface area contributed by atoms with Gasteiger partial charge in [-0.15, -0.1) is 0 Å². The van der Waals surface area contributed by atoms with Gasteiger partial charge in [0.15, 0.2) is 0 Å². The van der Waals surface area contributed by atoms with E-state index >= 15 is 0 Å². The van der Waals surface area contributed by atoms with Crippen molar-refractivity contribution in [1.82, 2.24) is 0 Å². The zero-order valence-corrected chi connectivity index (χ0v) is 37.9. The van der Waals surface area contributed by atoms with Crippen molar-refractivity contribution in [3.05, 3.63) is 279 Å². The van der Waals surface area contributed by atoms with E-state index in [0.717, 1.165) is 67.2 Å². The minimum absolute atomic E-state index is 0.824. The van der Waals surface area contributed by atoms with Crippen molar-refractivity contribution in [2.75, 3.05) is 9.80 Å². The molecule has 12 rings (SSSR count). The minimum Gasteiger partial charge on any atom is -0.456 e. The molecule has 0 spiro atoms. The molecule has 0 N–H and O–H groups in total. The highest BCUT2D eigenvalue weighted by Crippen LogP contribution is 2.42. The van der Waals surface area contributed by atoms with E-state index in [2.05, 4.69) is 289 Å². The van der Waals surface area contributed by atoms with Gasteiger partial charge in [-0.05, 0) is 152 Å². The second kappa shape index (κ2) is 18.2. The van der Waals surface area contributed by atoms with Gasteiger partial charge in [0.2, 0.25) is 0 Å². The fourth-order valence-electron chi connectivity index (χ4n) is 9.51. The third kappa shape index (κ3) is 8.35. The number of fused-ring (bicyclic) bond motifs is 3. The quantitative estimate of drug-likeness (QED) is 0.129. The predicted molar refractivity (Wildman–Crippen MR) is 290 cm³/mol. The van der Waals surface area contributed by atoms with Gasteiger partial charge in [-0.25, -0.2) is 0 Å². The van der Waals surface area contributed by atoms with Crippen LogP contribution in [-0.2, 0) is 0 Å². The van der Waals surface area contributed by atoms with E-state index in [-0.39, 0.29) is 0 Å². The summed E-state index contributed by atoms with van der Waals surface area (Å²) in [5.74, 6) is 0.824. The van der Waals surface area contributed by atoms with Gasteiger partial charge in [0.1, 0.15) is 11.3 Å². The van der Waals surface area contributed by atoms with Crippen LogP contribution in [0.5, 0.6) is 0 Å². The van der Waals surface area contributed by atoms with E-state index < -0.39 is 0 Å². The Kier molecular flexibility index (Phi) is 10.9. The molecule has 0 radical (unpaired) electrons. The first-order valence-corrected chi connectivity index (χ1v) is 23.5. The van der Waals surface area contributed by atoms with Crippen molar-refractivity contribution >= 4 is 55.9 Å². The lowest BCUT2D eigenvalue weighted by molar-refractivity contribution is 0.632. The Morgan fingerprint density at radius 2 is 0.507 bits per heavy atom. The molecule has 0 amide bonds. The fourth-order valence-corrected chi connectivity index (χ4v) is 9.51. The molecule has 0 unspecified atom stereocenters. The number of anilines is 6. The molecule has 3 heteroatoms. The number of furan rings is 1. The van der Waals surface area contributed by atoms with Gasteiger partial charge in [0.05, 0.1) is 0 Å². The largest absolute Gasteiger partial charge is 0.456 e. The molecule has 0 aliphatic carbocycles. The Labute approximate surface area is 403 Å². The van der Waals surface area contributed by atoms with Gasteiger partial charge in [-0.3, -0.25) is 0 Å². The Bertz CT molecular complexity index is 3480. The molecule has 1 aromatic heterocycles. The maximum Gasteiger partial charge on any atom is 0.135 e. The summed E-state index contributed by atoms with van der Waals surface area (Å²) in [4.78, 5) is 4.66. The fraction of sp³-hybridized carbons (Fsp3) is 0. The van der Waals surface area contributed by atoms with E-state index in [9.17, 15) is 0 Å². The summed E-state index contributed by atoms with van der Waals surface area (Å²) in [5, 5.41) is 3.36. The van der Waals surface area contributed by atoms with Gasteiger partial charge in [-0.2, -0.15) is 0 Å². The van der Waals surface area contributed by atoms with Crippen LogP contribution in [0.25, 0.3) is 77.6 Å². The average Bonchev–Trinajstić information content (AvgIpc) is 3.89. The van der Waals surface area contributed by atoms with Crippen LogP contribution in [-0.4, -0.2) is 0 Å². The standard InChI is InChI=1S/C66H46N2O/c1-5-13-47(14-6-1)51-21-33-57(34-22-51)67(58-35-23-52(24-36-58)48-15-7-2-8-16-48)59-41-30-56(31-42-59)66-46-64-63-45-62(43-29-55(63)32-44-65(64)69-66)68(60-37-25-53(26-38-60)49-17-9-3-10-18-49)61-39-27-54(28-40-61)50-19-11-4-12-20-50/h1-46H. The zero-order valence-electron chi connectivity index (χ0n) is 37.9. The zero-order chi connectivity index (χ0) is 45.9. The molecule has 0 saturated heterocycles. The molecule has 326 valence electrons. The summed E-state index contributed by atoms with van der Waals surface area (Å²) < 4.78 is 6.70. The topological polar surface area (TPSA) is 19.6 Å². The highest BCUT2D eigenvalue weighted by Gasteiger charge is 2.18. The third-order valence-electron chi connectivity index (χ3n) is 13.1. The van der Waals surface area contributed by atoms with Crippen molar-refractivity contribution in [3.8, 4) is 55.8 Å². The Morgan fingerprint density at radius 1 is 0.217 bits per heavy atom. The normalized spacial score (nSPS) is 11.2. The number of hydrogen-bond donors (Lipinski definition) is 0. The number of nitrogens with zero attached hydrogens (tertiary/aromatic N) is 2. The lowest BCUT2D eigenvalue weighted by Gasteiger charge is -2.26. The summed E-state index contributed by atoms with van der Waals surface area (Å²) in [5.41, 5.74) is 17.8. The molecule has 0 atom stereocenters. The predicted octanol–water partition coefficient (Wildman–Crippen LogP) is 18.9. The Balaban J connectivity index is 0.897. The Hall–Kier alpha value is -9.18. The molecule has 0 aliphatic rings. The molecule has 0 aliphatic heterocycles. The second-order valence-corrected chi connectivity index (χ2v) is 17.4. The van der Waals surface area contributed by atoms with Gasteiger partial charge >= 0.3 is 0 Å². The number of hydrogen-bond acceptors (Lipinski definition) is 3. The van der Waals surface area contributed by atoms with Gasteiger partial charge in [0.25, 0.3) is 0 Å². The summed E-state index contributed by atoms with van der Waals surface area (Å²) in [6.45, 7) is 0. The highest BCUT2D eigenvalue weighted by molar-refractivity contribution is 6.08. The minimum atomic E-state index is 0.824. The van der Waals surface area contributed by atoms with E-state index in [1.54, 1.807) is 0 Å². The van der Waals surface area contributed by atoms with Crippen molar-refractivity contribution in [2.24, 2.45) is 0 Å². The molecule has 1 heterocycles. The molecule has 12 aromatic rings. The molecule has 0 saturated carbocycles. The smallest absolute Gasteiger partial charge is 0.135 e. The summed E-state index contributed by atoms with van der Waals surface area (Å²) >= 11 is 0. The van der Waals surface area contributed by atoms with Gasteiger partial charge < -0.3 is 14.2 Å². The number of benzene rings is 11. The SMILES string of the molecule is c1ccc(-c2ccc(N(c3ccc(-c4ccccc4)cc3)c3ccc(-c4cc5c(ccc6ccc(N(c7ccc(-c8ccccc8)cc7)c7ccc(-c8ccccc8)cc7)cc65)o4)cc3)cc2)cc1. The summed E-state index contributed by atoms with van der Waals surface area (Å²) in [6.07, 6.45) is 0. The van der Waals surface area contributed by atoms with Crippen LogP contribution in [0.3, 0.4) is 0 Å². The molecule has 0 fully saturated rings. The van der Waals surface area contributed by atoms with E-state index in [1.807, 2.05) is 0 Å². The molecule has 11 aromatic carbocycles. The van der Waals surface area contributed by atoms with Crippen molar-refractivity contribution in [3.63, 3.8) is 0 Å². The molecule has 0 bridgehead atoms. The maximum absolute atomic E-state index is 6.70. The van der Waals surface area contributed by atoms with Gasteiger partial charge in [-0.1, -0.05) is 182 Å². The summed E-state index contributed by atoms with van der Waals surface area (Å²) in [6, 6.07) is 99.5. The molecular formula is C66H46N2O. The van der Waals surface area contributed by atoms with E-state index in [4.69, 9.17) is 4.42 Å². The van der Waals surface area contributed by atoms with Crippen molar-refractivity contribution in [2.45, 2.75) is 0 Å². The maximum atomic E-state index is 6.70. The van der Waals surface area contributed by atoms with E-state index in [0.29, 0.717) is 0 Å². The molecule has 3 nitrogen and oxygen atoms in total. The lowest BCUT2D eigenvalue weighted by atomic mass is 10.0. The average molecular weight is 883 g/mol. The highest BCUT2D eigenvalue weighted by atomic mass is 16.3. The van der Waals surface area contributed by atoms with Crippen LogP contribution in [0, 0.1) is 0 Å². The van der Waals surface area contributed by atoms with Crippen LogP contribution in [0.2, 0.25) is 0 Å². The van der Waals surface area contributed by atoms with Crippen LogP contribution < -0.4 is 9.80 Å². The number of rotatable bonds is 11. The van der Waals surface area contributed by atoms with Crippen LogP contribution in [0.15, 0.2) is 283 Å². The Morgan fingerprint density at radius 3 is 0.870 bits per heavy atom. The summed E-state index contributed by atoms with van der Waals surface area (Å²) in [7, 11) is 0. The van der Waals surface area contributed by atoms with Crippen LogP contribution in [0.1, 0.15) is 0 Å². The molecule has 69 heavy (non-hydrogen) atoms. The second-order valence-electron chi connectivity index (χ2n) is 17.4. The van der Waals surface area contributed by atoms with E-state index in [1.165, 1.54) is 44.5 Å².